The number of rotatable bonds is 5. The van der Waals surface area contributed by atoms with Gasteiger partial charge in [0, 0.05) is 17.8 Å². The van der Waals surface area contributed by atoms with E-state index in [-0.39, 0.29) is 18.1 Å². The summed E-state index contributed by atoms with van der Waals surface area (Å²) in [6.07, 6.45) is 0.269. The third-order valence-corrected chi connectivity index (χ3v) is 4.49. The number of para-hydroxylation sites is 1. The first-order valence-electron chi connectivity index (χ1n) is 8.58. The number of nitrogens with one attached hydrogen (secondary N) is 1. The van der Waals surface area contributed by atoms with Gasteiger partial charge in [0.25, 0.3) is 0 Å². The summed E-state index contributed by atoms with van der Waals surface area (Å²) < 4.78 is 15.2. The highest BCUT2D eigenvalue weighted by atomic mass is 19.1. The summed E-state index contributed by atoms with van der Waals surface area (Å²) in [5.74, 6) is -0.314. The summed E-state index contributed by atoms with van der Waals surface area (Å²) in [6, 6.07) is 14.7. The first-order chi connectivity index (χ1) is 12.5. The van der Waals surface area contributed by atoms with Crippen LogP contribution in [0.3, 0.4) is 0 Å². The SMILES string of the molecule is Cc1cc(CNC(=O)Cc2c(C)nn(-c3ccccc3)c2C)ccc1F. The third-order valence-electron chi connectivity index (χ3n) is 4.49. The number of hydrogen-bond acceptors (Lipinski definition) is 2. The molecule has 0 atom stereocenters. The average molecular weight is 351 g/mol. The second-order valence-electron chi connectivity index (χ2n) is 6.43. The van der Waals surface area contributed by atoms with E-state index >= 15 is 0 Å². The van der Waals surface area contributed by atoms with Crippen molar-refractivity contribution in [3.63, 3.8) is 0 Å². The Hall–Kier alpha value is -2.95. The fourth-order valence-corrected chi connectivity index (χ4v) is 2.99. The standard InChI is InChI=1S/C21H22FN3O/c1-14-11-17(9-10-20(14)22)13-23-21(26)12-19-15(2)24-25(16(19)3)18-7-5-4-6-8-18/h4-11H,12-13H2,1-3H3,(H,23,26). The summed E-state index contributed by atoms with van der Waals surface area (Å²) in [5, 5.41) is 7.47. The number of halogens is 1. The van der Waals surface area contributed by atoms with Crippen molar-refractivity contribution in [2.45, 2.75) is 33.7 Å². The van der Waals surface area contributed by atoms with E-state index in [1.807, 2.05) is 48.9 Å². The van der Waals surface area contributed by atoms with Crippen molar-refractivity contribution in [3.8, 4) is 5.69 Å². The van der Waals surface area contributed by atoms with Gasteiger partial charge in [0.1, 0.15) is 5.82 Å². The van der Waals surface area contributed by atoms with Gasteiger partial charge >= 0.3 is 0 Å². The average Bonchev–Trinajstić information content (AvgIpc) is 2.91. The van der Waals surface area contributed by atoms with Gasteiger partial charge in [-0.15, -0.1) is 0 Å². The van der Waals surface area contributed by atoms with Crippen LogP contribution in [-0.2, 0) is 17.8 Å². The number of benzene rings is 2. The molecule has 1 aromatic heterocycles. The van der Waals surface area contributed by atoms with Crippen molar-refractivity contribution in [2.24, 2.45) is 0 Å². The molecule has 4 nitrogen and oxygen atoms in total. The third kappa shape index (κ3) is 3.82. The number of carbonyl (C=O) groups excluding carboxylic acids is 1. The second kappa shape index (κ2) is 7.52. The number of amides is 1. The fraction of sp³-hybridized carbons (Fsp3) is 0.238. The highest BCUT2D eigenvalue weighted by Gasteiger charge is 2.15. The minimum Gasteiger partial charge on any atom is -0.352 e. The molecule has 0 saturated carbocycles. The van der Waals surface area contributed by atoms with Crippen LogP contribution in [0, 0.1) is 26.6 Å². The largest absolute Gasteiger partial charge is 0.352 e. The molecule has 0 aliphatic carbocycles. The Balaban J connectivity index is 1.69. The summed E-state index contributed by atoms with van der Waals surface area (Å²) in [5.41, 5.74) is 5.17. The van der Waals surface area contributed by atoms with Crippen molar-refractivity contribution in [1.82, 2.24) is 15.1 Å². The van der Waals surface area contributed by atoms with Gasteiger partial charge in [0.15, 0.2) is 0 Å². The van der Waals surface area contributed by atoms with Crippen LogP contribution < -0.4 is 5.32 Å². The van der Waals surface area contributed by atoms with E-state index in [0.717, 1.165) is 28.2 Å². The molecule has 0 radical (unpaired) electrons. The fourth-order valence-electron chi connectivity index (χ4n) is 2.99. The Morgan fingerprint density at radius 2 is 1.85 bits per heavy atom. The van der Waals surface area contributed by atoms with Crippen LogP contribution in [-0.4, -0.2) is 15.7 Å². The van der Waals surface area contributed by atoms with Gasteiger partial charge in [-0.05, 0) is 50.1 Å². The van der Waals surface area contributed by atoms with Crippen molar-refractivity contribution in [2.75, 3.05) is 0 Å². The van der Waals surface area contributed by atoms with Crippen LogP contribution >= 0.6 is 0 Å². The monoisotopic (exact) mass is 351 g/mol. The lowest BCUT2D eigenvalue weighted by Crippen LogP contribution is -2.25. The van der Waals surface area contributed by atoms with E-state index in [0.29, 0.717) is 12.1 Å². The van der Waals surface area contributed by atoms with E-state index in [9.17, 15) is 9.18 Å². The Morgan fingerprint density at radius 1 is 1.12 bits per heavy atom. The van der Waals surface area contributed by atoms with Crippen molar-refractivity contribution >= 4 is 5.91 Å². The van der Waals surface area contributed by atoms with E-state index in [1.165, 1.54) is 6.07 Å². The first kappa shape index (κ1) is 17.9. The molecular formula is C21H22FN3O. The van der Waals surface area contributed by atoms with Gasteiger partial charge in [-0.2, -0.15) is 5.10 Å². The molecule has 5 heteroatoms. The zero-order valence-corrected chi connectivity index (χ0v) is 15.2. The lowest BCUT2D eigenvalue weighted by molar-refractivity contribution is -0.120. The highest BCUT2D eigenvalue weighted by Crippen LogP contribution is 2.18. The molecule has 0 unspecified atom stereocenters. The van der Waals surface area contributed by atoms with Gasteiger partial charge in [0.2, 0.25) is 5.91 Å². The molecule has 0 aliphatic heterocycles. The van der Waals surface area contributed by atoms with Gasteiger partial charge in [-0.25, -0.2) is 9.07 Å². The van der Waals surface area contributed by atoms with E-state index < -0.39 is 0 Å². The number of hydrogen-bond donors (Lipinski definition) is 1. The molecule has 26 heavy (non-hydrogen) atoms. The molecule has 0 bridgehead atoms. The maximum atomic E-state index is 13.3. The molecule has 134 valence electrons. The number of nitrogens with zero attached hydrogens (tertiary/aromatic N) is 2. The molecular weight excluding hydrogens is 329 g/mol. The highest BCUT2D eigenvalue weighted by molar-refractivity contribution is 5.79. The molecule has 3 aromatic rings. The number of carbonyl (C=O) groups is 1. The number of aryl methyl sites for hydroxylation is 2. The van der Waals surface area contributed by atoms with Gasteiger partial charge < -0.3 is 5.32 Å². The maximum absolute atomic E-state index is 13.3. The van der Waals surface area contributed by atoms with E-state index in [4.69, 9.17) is 0 Å². The van der Waals surface area contributed by atoms with Crippen LogP contribution in [0.5, 0.6) is 0 Å². The van der Waals surface area contributed by atoms with Crippen molar-refractivity contribution < 1.29 is 9.18 Å². The number of aromatic nitrogens is 2. The second-order valence-corrected chi connectivity index (χ2v) is 6.43. The Morgan fingerprint density at radius 3 is 2.54 bits per heavy atom. The zero-order chi connectivity index (χ0) is 18.7. The van der Waals surface area contributed by atoms with Crippen LogP contribution in [0.15, 0.2) is 48.5 Å². The lowest BCUT2D eigenvalue weighted by Gasteiger charge is -2.08. The summed E-state index contributed by atoms with van der Waals surface area (Å²) >= 11 is 0. The van der Waals surface area contributed by atoms with Crippen molar-refractivity contribution in [1.29, 1.82) is 0 Å². The minimum atomic E-state index is -0.236. The summed E-state index contributed by atoms with van der Waals surface area (Å²) in [7, 11) is 0. The molecule has 2 aromatic carbocycles. The smallest absolute Gasteiger partial charge is 0.224 e. The van der Waals surface area contributed by atoms with Gasteiger partial charge in [0.05, 0.1) is 17.8 Å². The lowest BCUT2D eigenvalue weighted by atomic mass is 10.1. The van der Waals surface area contributed by atoms with Crippen molar-refractivity contribution in [3.05, 3.63) is 82.4 Å². The summed E-state index contributed by atoms with van der Waals surface area (Å²) in [6.45, 7) is 5.98. The first-order valence-corrected chi connectivity index (χ1v) is 8.58. The molecule has 0 fully saturated rings. The van der Waals surface area contributed by atoms with Gasteiger partial charge in [-0.3, -0.25) is 4.79 Å². The Labute approximate surface area is 152 Å². The molecule has 1 N–H and O–H groups in total. The molecule has 3 rings (SSSR count). The van der Waals surface area contributed by atoms with E-state index in [2.05, 4.69) is 10.4 Å². The van der Waals surface area contributed by atoms with Crippen LogP contribution in [0.2, 0.25) is 0 Å². The predicted molar refractivity (Wildman–Crippen MR) is 99.7 cm³/mol. The predicted octanol–water partition coefficient (Wildman–Crippen LogP) is 3.80. The molecule has 0 aliphatic rings. The molecule has 1 amide bonds. The Bertz CT molecular complexity index is 932. The topological polar surface area (TPSA) is 46.9 Å². The molecule has 0 spiro atoms. The van der Waals surface area contributed by atoms with E-state index in [1.54, 1.807) is 19.1 Å². The molecule has 0 saturated heterocycles. The maximum Gasteiger partial charge on any atom is 0.224 e. The van der Waals surface area contributed by atoms with Gasteiger partial charge in [-0.1, -0.05) is 30.3 Å². The van der Waals surface area contributed by atoms with Crippen LogP contribution in [0.4, 0.5) is 4.39 Å². The quantitative estimate of drug-likeness (QED) is 0.760. The Kier molecular flexibility index (Phi) is 5.16. The summed E-state index contributed by atoms with van der Waals surface area (Å²) in [4.78, 5) is 12.4. The zero-order valence-electron chi connectivity index (χ0n) is 15.2. The molecule has 1 heterocycles. The van der Waals surface area contributed by atoms with Crippen LogP contribution in [0.25, 0.3) is 5.69 Å². The van der Waals surface area contributed by atoms with Crippen LogP contribution in [0.1, 0.15) is 28.1 Å². The normalized spacial score (nSPS) is 10.8. The minimum absolute atomic E-state index is 0.0780.